The van der Waals surface area contributed by atoms with Crippen molar-refractivity contribution < 1.29 is 17.2 Å². The number of sulfonamides is 1. The molecule has 0 aliphatic carbocycles. The van der Waals surface area contributed by atoms with Crippen LogP contribution in [0.4, 0.5) is 8.78 Å². The highest BCUT2D eigenvalue weighted by atomic mass is 35.5. The Hall–Kier alpha value is -1.54. The summed E-state index contributed by atoms with van der Waals surface area (Å²) in [5.41, 5.74) is 0.974. The molecule has 1 aliphatic rings. The number of nitrogens with zero attached hydrogens (tertiary/aromatic N) is 2. The molecule has 0 N–H and O–H groups in total. The molecule has 0 aromatic heterocycles. The van der Waals surface area contributed by atoms with Crippen LogP contribution in [0.3, 0.4) is 0 Å². The normalized spacial score (nSPS) is 18.0. The summed E-state index contributed by atoms with van der Waals surface area (Å²) in [6, 6.07) is 10.0. The molecule has 1 fully saturated rings. The summed E-state index contributed by atoms with van der Waals surface area (Å²) < 4.78 is 53.7. The lowest BCUT2D eigenvalue weighted by atomic mass is 10.1. The number of halogens is 3. The van der Waals surface area contributed by atoms with E-state index >= 15 is 0 Å². The van der Waals surface area contributed by atoms with Crippen molar-refractivity contribution in [3.63, 3.8) is 0 Å². The molecule has 1 heterocycles. The molecule has 0 spiro atoms. The van der Waals surface area contributed by atoms with Crippen molar-refractivity contribution in [1.29, 1.82) is 0 Å². The van der Waals surface area contributed by atoms with E-state index in [-0.39, 0.29) is 19.1 Å². The fraction of sp³-hybridized carbons (Fsp3) is 0.333. The van der Waals surface area contributed by atoms with Gasteiger partial charge in [-0.15, -0.1) is 0 Å². The van der Waals surface area contributed by atoms with Crippen molar-refractivity contribution in [2.45, 2.75) is 17.9 Å². The molecule has 0 radical (unpaired) electrons. The lowest BCUT2D eigenvalue weighted by Gasteiger charge is -2.37. The Morgan fingerprint density at radius 3 is 2.35 bits per heavy atom. The Balaban J connectivity index is 1.74. The van der Waals surface area contributed by atoms with Gasteiger partial charge >= 0.3 is 0 Å². The van der Waals surface area contributed by atoms with E-state index in [1.807, 2.05) is 31.2 Å². The van der Waals surface area contributed by atoms with Crippen LogP contribution in [0.5, 0.6) is 0 Å². The second-order valence-corrected chi connectivity index (χ2v) is 8.53. The molecule has 0 saturated carbocycles. The van der Waals surface area contributed by atoms with Crippen LogP contribution in [-0.2, 0) is 10.0 Å². The largest absolute Gasteiger partial charge is 0.294 e. The Morgan fingerprint density at radius 2 is 1.69 bits per heavy atom. The summed E-state index contributed by atoms with van der Waals surface area (Å²) in [4.78, 5) is 1.50. The van der Waals surface area contributed by atoms with E-state index in [2.05, 4.69) is 4.90 Å². The lowest BCUT2D eigenvalue weighted by Crippen LogP contribution is -2.49. The van der Waals surface area contributed by atoms with Gasteiger partial charge in [-0.1, -0.05) is 29.8 Å². The van der Waals surface area contributed by atoms with Gasteiger partial charge in [0.15, 0.2) is 0 Å². The van der Waals surface area contributed by atoms with Crippen molar-refractivity contribution in [3.8, 4) is 0 Å². The van der Waals surface area contributed by atoms with Crippen LogP contribution in [-0.4, -0.2) is 43.8 Å². The molecule has 0 amide bonds. The standard InChI is InChI=1S/C18H19ClF2N2O2S/c1-13(15-4-2-3-5-16(15)19)22-8-10-23(11-9-22)26(24,25)18-12-14(20)6-7-17(18)21/h2-7,12-13H,8-11H2,1H3/t13-/m1/s1. The lowest BCUT2D eigenvalue weighted by molar-refractivity contribution is 0.145. The van der Waals surface area contributed by atoms with E-state index in [9.17, 15) is 17.2 Å². The summed E-state index contributed by atoms with van der Waals surface area (Å²) in [5.74, 6) is -1.73. The van der Waals surface area contributed by atoms with E-state index in [1.165, 1.54) is 4.31 Å². The molecule has 1 aliphatic heterocycles. The maximum absolute atomic E-state index is 13.9. The van der Waals surface area contributed by atoms with Crippen molar-refractivity contribution in [2.75, 3.05) is 26.2 Å². The highest BCUT2D eigenvalue weighted by molar-refractivity contribution is 7.89. The second-order valence-electron chi connectivity index (χ2n) is 6.21. The van der Waals surface area contributed by atoms with Crippen molar-refractivity contribution in [2.24, 2.45) is 0 Å². The average molecular weight is 401 g/mol. The fourth-order valence-electron chi connectivity index (χ4n) is 3.16. The summed E-state index contributed by atoms with van der Waals surface area (Å²) >= 11 is 6.24. The van der Waals surface area contributed by atoms with Crippen LogP contribution in [0, 0.1) is 11.6 Å². The maximum Gasteiger partial charge on any atom is 0.246 e. The molecule has 140 valence electrons. The quantitative estimate of drug-likeness (QED) is 0.786. The third kappa shape index (κ3) is 3.76. The Bertz CT molecular complexity index is 900. The molecule has 4 nitrogen and oxygen atoms in total. The zero-order chi connectivity index (χ0) is 18.9. The Labute approximate surface area is 157 Å². The molecule has 1 atom stereocenters. The van der Waals surface area contributed by atoms with E-state index in [4.69, 9.17) is 11.6 Å². The summed E-state index contributed by atoms with van der Waals surface area (Å²) in [6.07, 6.45) is 0. The van der Waals surface area contributed by atoms with Crippen LogP contribution in [0.25, 0.3) is 0 Å². The third-order valence-electron chi connectivity index (χ3n) is 4.69. The van der Waals surface area contributed by atoms with Gasteiger partial charge in [-0.25, -0.2) is 17.2 Å². The van der Waals surface area contributed by atoms with Crippen LogP contribution in [0.15, 0.2) is 47.4 Å². The topological polar surface area (TPSA) is 40.6 Å². The zero-order valence-corrected chi connectivity index (χ0v) is 15.8. The fourth-order valence-corrected chi connectivity index (χ4v) is 4.95. The number of benzene rings is 2. The van der Waals surface area contributed by atoms with Crippen LogP contribution < -0.4 is 0 Å². The number of piperazine rings is 1. The first-order valence-electron chi connectivity index (χ1n) is 8.24. The van der Waals surface area contributed by atoms with Gasteiger partial charge in [-0.05, 0) is 36.8 Å². The molecular formula is C18H19ClF2N2O2S. The van der Waals surface area contributed by atoms with Gasteiger partial charge in [0.1, 0.15) is 16.5 Å². The minimum atomic E-state index is -4.07. The molecule has 26 heavy (non-hydrogen) atoms. The monoisotopic (exact) mass is 400 g/mol. The molecule has 1 saturated heterocycles. The summed E-state index contributed by atoms with van der Waals surface area (Å²) in [5, 5.41) is 0.664. The average Bonchev–Trinajstić information content (AvgIpc) is 2.63. The predicted octanol–water partition coefficient (Wildman–Crippen LogP) is 3.69. The number of hydrogen-bond donors (Lipinski definition) is 0. The Morgan fingerprint density at radius 1 is 1.04 bits per heavy atom. The molecule has 3 rings (SSSR count). The second kappa shape index (κ2) is 7.60. The Kier molecular flexibility index (Phi) is 5.62. The van der Waals surface area contributed by atoms with Gasteiger partial charge < -0.3 is 0 Å². The molecule has 0 unspecified atom stereocenters. The highest BCUT2D eigenvalue weighted by Gasteiger charge is 2.32. The van der Waals surface area contributed by atoms with Gasteiger partial charge in [-0.2, -0.15) is 4.31 Å². The smallest absolute Gasteiger partial charge is 0.246 e. The van der Waals surface area contributed by atoms with E-state index in [0.717, 1.165) is 23.8 Å². The number of rotatable bonds is 4. The first-order chi connectivity index (χ1) is 12.3. The number of hydrogen-bond acceptors (Lipinski definition) is 3. The van der Waals surface area contributed by atoms with E-state index < -0.39 is 26.6 Å². The SMILES string of the molecule is C[C@H](c1ccccc1Cl)N1CCN(S(=O)(=O)c2cc(F)ccc2F)CC1. The van der Waals surface area contributed by atoms with Gasteiger partial charge in [-0.3, -0.25) is 4.90 Å². The van der Waals surface area contributed by atoms with E-state index in [1.54, 1.807) is 0 Å². The summed E-state index contributed by atoms with van der Waals surface area (Å²) in [7, 11) is -4.07. The molecule has 2 aromatic rings. The van der Waals surface area contributed by atoms with Crippen LogP contribution in [0.1, 0.15) is 18.5 Å². The van der Waals surface area contributed by atoms with Crippen LogP contribution >= 0.6 is 11.6 Å². The molecule has 8 heteroatoms. The first-order valence-corrected chi connectivity index (χ1v) is 10.1. The molecule has 0 bridgehead atoms. The van der Waals surface area contributed by atoms with Gasteiger partial charge in [0.2, 0.25) is 10.0 Å². The van der Waals surface area contributed by atoms with Crippen molar-refractivity contribution >= 4 is 21.6 Å². The third-order valence-corrected chi connectivity index (χ3v) is 6.95. The van der Waals surface area contributed by atoms with Gasteiger partial charge in [0.05, 0.1) is 0 Å². The van der Waals surface area contributed by atoms with Crippen LogP contribution in [0.2, 0.25) is 5.02 Å². The molecule has 2 aromatic carbocycles. The highest BCUT2D eigenvalue weighted by Crippen LogP contribution is 2.29. The summed E-state index contributed by atoms with van der Waals surface area (Å²) in [6.45, 7) is 3.36. The van der Waals surface area contributed by atoms with Crippen molar-refractivity contribution in [1.82, 2.24) is 9.21 Å². The first kappa shape index (κ1) is 19.2. The van der Waals surface area contributed by atoms with Crippen molar-refractivity contribution in [3.05, 3.63) is 64.7 Å². The predicted molar refractivity (Wildman–Crippen MR) is 96.6 cm³/mol. The molecular weight excluding hydrogens is 382 g/mol. The minimum absolute atomic E-state index is 0.0273. The van der Waals surface area contributed by atoms with E-state index in [0.29, 0.717) is 18.1 Å². The minimum Gasteiger partial charge on any atom is -0.294 e. The maximum atomic E-state index is 13.9. The van der Waals surface area contributed by atoms with Gasteiger partial charge in [0, 0.05) is 37.2 Å². The van der Waals surface area contributed by atoms with Gasteiger partial charge in [0.25, 0.3) is 0 Å². The zero-order valence-electron chi connectivity index (χ0n) is 14.2.